The molecule has 0 spiro atoms. The first kappa shape index (κ1) is 24.2. The van der Waals surface area contributed by atoms with Crippen LogP contribution in [0.3, 0.4) is 0 Å². The molecule has 1 aromatic heterocycles. The molecule has 3 heterocycles. The van der Waals surface area contributed by atoms with Crippen LogP contribution in [0.4, 0.5) is 13.2 Å². The SMILES string of the molecule is Cn1nnc([C@H]2C[C@]3(c4ccccc4)N[C@H]2CC[C@H]3NCc2cc(OC(F)(F)F)ccc2OC2CC2)n1. The fourth-order valence-electron chi connectivity index (χ4n) is 5.83. The van der Waals surface area contributed by atoms with Crippen LogP contribution in [0, 0.1) is 0 Å². The molecule has 3 aliphatic rings. The van der Waals surface area contributed by atoms with Gasteiger partial charge in [0.05, 0.1) is 18.7 Å². The summed E-state index contributed by atoms with van der Waals surface area (Å²) < 4.78 is 48.9. The monoisotopic (exact) mass is 514 g/mol. The molecule has 0 radical (unpaired) electrons. The van der Waals surface area contributed by atoms with Crippen molar-refractivity contribution in [2.75, 3.05) is 0 Å². The number of hydrogen-bond acceptors (Lipinski definition) is 7. The van der Waals surface area contributed by atoms with E-state index in [9.17, 15) is 13.2 Å². The van der Waals surface area contributed by atoms with Crippen molar-refractivity contribution in [3.63, 3.8) is 0 Å². The summed E-state index contributed by atoms with van der Waals surface area (Å²) in [7, 11) is 1.76. The van der Waals surface area contributed by atoms with Crippen LogP contribution in [0.25, 0.3) is 0 Å². The molecule has 1 saturated carbocycles. The molecule has 196 valence electrons. The Balaban J connectivity index is 1.28. The smallest absolute Gasteiger partial charge is 0.490 e. The molecule has 6 rings (SSSR count). The van der Waals surface area contributed by atoms with Crippen LogP contribution in [0.1, 0.15) is 55.0 Å². The Morgan fingerprint density at radius 3 is 2.62 bits per heavy atom. The normalized spacial score (nSPS) is 27.3. The van der Waals surface area contributed by atoms with Gasteiger partial charge < -0.3 is 20.1 Å². The van der Waals surface area contributed by atoms with Crippen LogP contribution in [-0.2, 0) is 19.1 Å². The van der Waals surface area contributed by atoms with E-state index in [1.165, 1.54) is 16.9 Å². The van der Waals surface area contributed by atoms with E-state index in [1.807, 2.05) is 18.2 Å². The minimum Gasteiger partial charge on any atom is -0.490 e. The molecule has 2 aliphatic heterocycles. The highest BCUT2D eigenvalue weighted by Crippen LogP contribution is 2.49. The van der Waals surface area contributed by atoms with Gasteiger partial charge in [-0.25, -0.2) is 0 Å². The molecule has 2 bridgehead atoms. The minimum atomic E-state index is -4.75. The van der Waals surface area contributed by atoms with Gasteiger partial charge in [-0.2, -0.15) is 4.80 Å². The van der Waals surface area contributed by atoms with Gasteiger partial charge in [0.2, 0.25) is 0 Å². The van der Waals surface area contributed by atoms with Crippen LogP contribution in [0.5, 0.6) is 11.5 Å². The van der Waals surface area contributed by atoms with E-state index in [1.54, 1.807) is 13.1 Å². The molecule has 2 saturated heterocycles. The summed E-state index contributed by atoms with van der Waals surface area (Å²) in [5.74, 6) is 1.18. The minimum absolute atomic E-state index is 0.0220. The second kappa shape index (κ2) is 9.29. The standard InChI is InChI=1S/C26H29F3N6O2/c1-35-33-24(32-34-35)20-14-25(17-5-3-2-4-6-17)23(12-10-21(20)31-25)30-15-16-13-19(37-26(27,28)29)9-11-22(16)36-18-7-8-18/h2-6,9,11,13,18,20-21,23,30-31H,7-8,10,12,14-15H2,1H3/t20-,21-,23+,25+/m0/s1. The van der Waals surface area contributed by atoms with Crippen molar-refractivity contribution < 1.29 is 22.6 Å². The van der Waals surface area contributed by atoms with Crippen molar-refractivity contribution in [1.29, 1.82) is 0 Å². The number of aryl methyl sites for hydroxylation is 1. The van der Waals surface area contributed by atoms with Gasteiger partial charge >= 0.3 is 6.36 Å². The Labute approximate surface area is 212 Å². The summed E-state index contributed by atoms with van der Waals surface area (Å²) in [4.78, 5) is 1.49. The average molecular weight is 515 g/mol. The maximum atomic E-state index is 12.9. The van der Waals surface area contributed by atoms with Gasteiger partial charge in [-0.3, -0.25) is 0 Å². The number of tetrazole rings is 1. The number of benzene rings is 2. The van der Waals surface area contributed by atoms with Gasteiger partial charge in [-0.1, -0.05) is 30.3 Å². The summed E-state index contributed by atoms with van der Waals surface area (Å²) in [6.07, 6.45) is -0.133. The first-order valence-corrected chi connectivity index (χ1v) is 12.6. The maximum absolute atomic E-state index is 12.9. The van der Waals surface area contributed by atoms with Gasteiger partial charge in [0.25, 0.3) is 0 Å². The molecule has 3 fully saturated rings. The number of nitrogens with zero attached hydrogens (tertiary/aromatic N) is 4. The number of rotatable bonds is 8. The van der Waals surface area contributed by atoms with E-state index < -0.39 is 6.36 Å². The summed E-state index contributed by atoms with van der Waals surface area (Å²) >= 11 is 0. The number of hydrogen-bond donors (Lipinski definition) is 2. The summed E-state index contributed by atoms with van der Waals surface area (Å²) in [5, 5.41) is 20.4. The van der Waals surface area contributed by atoms with Crippen molar-refractivity contribution in [2.45, 2.75) is 74.7 Å². The second-order valence-corrected chi connectivity index (χ2v) is 10.2. The zero-order valence-corrected chi connectivity index (χ0v) is 20.4. The molecule has 3 aromatic rings. The van der Waals surface area contributed by atoms with Crippen molar-refractivity contribution >= 4 is 0 Å². The highest BCUT2D eigenvalue weighted by Gasteiger charge is 2.54. The molecule has 37 heavy (non-hydrogen) atoms. The highest BCUT2D eigenvalue weighted by atomic mass is 19.4. The lowest BCUT2D eigenvalue weighted by Crippen LogP contribution is -2.58. The Morgan fingerprint density at radius 2 is 1.92 bits per heavy atom. The van der Waals surface area contributed by atoms with Crippen LogP contribution in [-0.4, -0.2) is 44.8 Å². The van der Waals surface area contributed by atoms with Crippen molar-refractivity contribution in [3.8, 4) is 11.5 Å². The van der Waals surface area contributed by atoms with Crippen LogP contribution < -0.4 is 20.1 Å². The molecule has 8 nitrogen and oxygen atoms in total. The third kappa shape index (κ3) is 5.02. The zero-order valence-electron chi connectivity index (χ0n) is 20.4. The highest BCUT2D eigenvalue weighted by molar-refractivity contribution is 5.41. The lowest BCUT2D eigenvalue weighted by molar-refractivity contribution is -0.274. The summed E-state index contributed by atoms with van der Waals surface area (Å²) in [6.45, 7) is 0.344. The van der Waals surface area contributed by atoms with Gasteiger partial charge in [0.1, 0.15) is 11.5 Å². The molecule has 0 unspecified atom stereocenters. The van der Waals surface area contributed by atoms with Gasteiger partial charge in [-0.15, -0.1) is 23.4 Å². The van der Waals surface area contributed by atoms with Gasteiger partial charge in [-0.05, 0) is 61.1 Å². The van der Waals surface area contributed by atoms with Crippen molar-refractivity contribution in [3.05, 3.63) is 65.5 Å². The fraction of sp³-hybridized carbons (Fsp3) is 0.500. The Kier molecular flexibility index (Phi) is 6.07. The number of fused-ring (bicyclic) bond motifs is 2. The molecular formula is C26H29F3N6O2. The second-order valence-electron chi connectivity index (χ2n) is 10.2. The van der Waals surface area contributed by atoms with E-state index in [0.29, 0.717) is 17.9 Å². The Morgan fingerprint density at radius 1 is 1.11 bits per heavy atom. The topological polar surface area (TPSA) is 86.1 Å². The summed E-state index contributed by atoms with van der Waals surface area (Å²) in [6, 6.07) is 14.8. The average Bonchev–Trinajstić information content (AvgIpc) is 3.50. The molecule has 4 atom stereocenters. The Bertz CT molecular complexity index is 1250. The van der Waals surface area contributed by atoms with Crippen LogP contribution >= 0.6 is 0 Å². The zero-order chi connectivity index (χ0) is 25.6. The maximum Gasteiger partial charge on any atom is 0.573 e. The van der Waals surface area contributed by atoms with E-state index in [0.717, 1.165) is 43.5 Å². The lowest BCUT2D eigenvalue weighted by atomic mass is 9.78. The largest absolute Gasteiger partial charge is 0.573 e. The predicted molar refractivity (Wildman–Crippen MR) is 128 cm³/mol. The fourth-order valence-corrected chi connectivity index (χ4v) is 5.83. The van der Waals surface area contributed by atoms with Gasteiger partial charge in [0, 0.05) is 30.1 Å². The third-order valence-electron chi connectivity index (χ3n) is 7.60. The van der Waals surface area contributed by atoms with E-state index >= 15 is 0 Å². The molecule has 11 heteroatoms. The number of piperidine rings is 1. The number of halogens is 3. The van der Waals surface area contributed by atoms with E-state index in [2.05, 4.69) is 42.9 Å². The van der Waals surface area contributed by atoms with Crippen molar-refractivity contribution in [2.24, 2.45) is 7.05 Å². The number of aromatic nitrogens is 4. The number of ether oxygens (including phenoxy) is 2. The number of alkyl halides is 3. The van der Waals surface area contributed by atoms with E-state index in [-0.39, 0.29) is 35.4 Å². The molecule has 1 aliphatic carbocycles. The quantitative estimate of drug-likeness (QED) is 0.471. The van der Waals surface area contributed by atoms with Crippen LogP contribution in [0.2, 0.25) is 0 Å². The lowest BCUT2D eigenvalue weighted by Gasteiger charge is -2.43. The van der Waals surface area contributed by atoms with Crippen molar-refractivity contribution in [1.82, 2.24) is 30.8 Å². The van der Waals surface area contributed by atoms with Crippen LogP contribution in [0.15, 0.2) is 48.5 Å². The first-order valence-electron chi connectivity index (χ1n) is 12.6. The Hall–Kier alpha value is -3.18. The number of nitrogens with one attached hydrogen (secondary N) is 2. The van der Waals surface area contributed by atoms with E-state index in [4.69, 9.17) is 4.74 Å². The van der Waals surface area contributed by atoms with Gasteiger partial charge in [0.15, 0.2) is 5.82 Å². The third-order valence-corrected chi connectivity index (χ3v) is 7.60. The first-order chi connectivity index (χ1) is 17.8. The summed E-state index contributed by atoms with van der Waals surface area (Å²) in [5.41, 5.74) is 1.42. The predicted octanol–water partition coefficient (Wildman–Crippen LogP) is 3.94. The molecule has 0 amide bonds. The molecule has 2 aromatic carbocycles. The molecule has 2 N–H and O–H groups in total. The molecular weight excluding hydrogens is 485 g/mol.